The van der Waals surface area contributed by atoms with Crippen LogP contribution in [0, 0.1) is 0 Å². The summed E-state index contributed by atoms with van der Waals surface area (Å²) >= 11 is 0. The van der Waals surface area contributed by atoms with Crippen LogP contribution in [0.25, 0.3) is 21.5 Å². The average molecular weight is 390 g/mol. The highest BCUT2D eigenvalue weighted by atomic mass is 16.6. The van der Waals surface area contributed by atoms with Crippen molar-refractivity contribution in [2.75, 3.05) is 26.2 Å². The zero-order valence-corrected chi connectivity index (χ0v) is 17.1. The van der Waals surface area contributed by atoms with Gasteiger partial charge in [0.1, 0.15) is 5.60 Å². The lowest BCUT2D eigenvalue weighted by Crippen LogP contribution is -2.51. The van der Waals surface area contributed by atoms with Crippen LogP contribution in [0.15, 0.2) is 54.6 Å². The number of piperazine rings is 1. The van der Waals surface area contributed by atoms with Crippen LogP contribution >= 0.6 is 0 Å². The summed E-state index contributed by atoms with van der Waals surface area (Å²) in [5.74, 6) is 0.0156. The molecule has 0 aromatic heterocycles. The molecule has 29 heavy (non-hydrogen) atoms. The van der Waals surface area contributed by atoms with E-state index in [1.54, 1.807) is 4.90 Å². The monoisotopic (exact) mass is 390 g/mol. The molecular weight excluding hydrogens is 364 g/mol. The van der Waals surface area contributed by atoms with Gasteiger partial charge in [-0.25, -0.2) is 4.79 Å². The molecule has 1 heterocycles. The number of carbonyl (C=O) groups is 2. The molecule has 5 heteroatoms. The third-order valence-corrected chi connectivity index (χ3v) is 5.20. The van der Waals surface area contributed by atoms with Crippen molar-refractivity contribution < 1.29 is 14.3 Å². The van der Waals surface area contributed by atoms with Crippen LogP contribution in [0.4, 0.5) is 4.79 Å². The Labute approximate surface area is 170 Å². The van der Waals surface area contributed by atoms with Gasteiger partial charge in [0.15, 0.2) is 0 Å². The Balaban J connectivity index is 1.61. The van der Waals surface area contributed by atoms with Crippen molar-refractivity contribution in [3.05, 3.63) is 60.2 Å². The number of rotatable bonds is 1. The van der Waals surface area contributed by atoms with Crippen molar-refractivity contribution in [1.82, 2.24) is 9.80 Å². The molecule has 0 atom stereocenters. The Bertz CT molecular complexity index is 1020. The van der Waals surface area contributed by atoms with E-state index in [1.807, 2.05) is 74.2 Å². The second kappa shape index (κ2) is 7.39. The Morgan fingerprint density at radius 3 is 1.79 bits per heavy atom. The minimum absolute atomic E-state index is 0.0156. The van der Waals surface area contributed by atoms with Crippen LogP contribution in [0.1, 0.15) is 31.1 Å². The standard InChI is InChI=1S/C24H26N2O3/c1-24(2,3)29-23(28)26-14-12-25(13-15-26)22(27)21-19-10-6-4-8-17(19)16-18-9-5-7-11-20(18)21/h4-11,16H,12-15H2,1-3H3. The molecule has 3 aromatic carbocycles. The van der Waals surface area contributed by atoms with Crippen molar-refractivity contribution in [2.45, 2.75) is 26.4 Å². The Morgan fingerprint density at radius 1 is 0.793 bits per heavy atom. The van der Waals surface area contributed by atoms with Gasteiger partial charge >= 0.3 is 6.09 Å². The molecule has 2 amide bonds. The summed E-state index contributed by atoms with van der Waals surface area (Å²) in [5, 5.41) is 4.04. The number of amides is 2. The lowest BCUT2D eigenvalue weighted by molar-refractivity contribution is 0.0141. The van der Waals surface area contributed by atoms with Gasteiger partial charge in [0.2, 0.25) is 0 Å². The molecule has 1 saturated heterocycles. The lowest BCUT2D eigenvalue weighted by Gasteiger charge is -2.36. The average Bonchev–Trinajstić information content (AvgIpc) is 2.70. The fourth-order valence-electron chi connectivity index (χ4n) is 3.82. The van der Waals surface area contributed by atoms with Gasteiger partial charge in [0.05, 0.1) is 5.56 Å². The van der Waals surface area contributed by atoms with Crippen molar-refractivity contribution in [1.29, 1.82) is 0 Å². The molecule has 0 spiro atoms. The predicted molar refractivity (Wildman–Crippen MR) is 115 cm³/mol. The third kappa shape index (κ3) is 3.90. The van der Waals surface area contributed by atoms with Gasteiger partial charge in [0, 0.05) is 26.2 Å². The van der Waals surface area contributed by atoms with Crippen LogP contribution in [0.2, 0.25) is 0 Å². The molecule has 3 aromatic rings. The molecule has 0 bridgehead atoms. The zero-order valence-electron chi connectivity index (χ0n) is 17.1. The second-order valence-corrected chi connectivity index (χ2v) is 8.45. The minimum atomic E-state index is -0.522. The van der Waals surface area contributed by atoms with Gasteiger partial charge in [0.25, 0.3) is 5.91 Å². The first-order valence-electron chi connectivity index (χ1n) is 10.0. The summed E-state index contributed by atoms with van der Waals surface area (Å²) in [7, 11) is 0. The van der Waals surface area contributed by atoms with Crippen molar-refractivity contribution in [3.8, 4) is 0 Å². The first-order valence-corrected chi connectivity index (χ1v) is 10.0. The molecule has 0 unspecified atom stereocenters. The number of hydrogen-bond donors (Lipinski definition) is 0. The van der Waals surface area contributed by atoms with E-state index in [0.29, 0.717) is 26.2 Å². The van der Waals surface area contributed by atoms with Gasteiger partial charge in [-0.1, -0.05) is 48.5 Å². The molecule has 1 aliphatic rings. The number of fused-ring (bicyclic) bond motifs is 2. The minimum Gasteiger partial charge on any atom is -0.444 e. The topological polar surface area (TPSA) is 49.9 Å². The van der Waals surface area contributed by atoms with E-state index >= 15 is 0 Å². The van der Waals surface area contributed by atoms with Crippen LogP contribution in [-0.2, 0) is 4.74 Å². The van der Waals surface area contributed by atoms with Gasteiger partial charge in [-0.3, -0.25) is 4.79 Å². The van der Waals surface area contributed by atoms with E-state index in [4.69, 9.17) is 4.74 Å². The van der Waals surface area contributed by atoms with Gasteiger partial charge in [-0.05, 0) is 48.4 Å². The van der Waals surface area contributed by atoms with Crippen molar-refractivity contribution in [3.63, 3.8) is 0 Å². The van der Waals surface area contributed by atoms with E-state index in [0.717, 1.165) is 27.1 Å². The summed E-state index contributed by atoms with van der Waals surface area (Å²) in [4.78, 5) is 29.4. The normalized spacial score (nSPS) is 15.0. The molecule has 4 rings (SSSR count). The maximum atomic E-state index is 13.5. The van der Waals surface area contributed by atoms with Gasteiger partial charge in [-0.15, -0.1) is 0 Å². The maximum Gasteiger partial charge on any atom is 0.410 e. The summed E-state index contributed by atoms with van der Waals surface area (Å²) in [6.45, 7) is 7.51. The molecule has 0 aliphatic carbocycles. The van der Waals surface area contributed by atoms with Crippen LogP contribution in [-0.4, -0.2) is 53.6 Å². The van der Waals surface area contributed by atoms with Crippen molar-refractivity contribution >= 4 is 33.5 Å². The van der Waals surface area contributed by atoms with Crippen LogP contribution in [0.5, 0.6) is 0 Å². The van der Waals surface area contributed by atoms with E-state index in [9.17, 15) is 9.59 Å². The van der Waals surface area contributed by atoms with E-state index in [1.165, 1.54) is 0 Å². The fourth-order valence-corrected chi connectivity index (χ4v) is 3.82. The smallest absolute Gasteiger partial charge is 0.410 e. The lowest BCUT2D eigenvalue weighted by atomic mass is 9.96. The number of carbonyl (C=O) groups excluding carboxylic acids is 2. The number of hydrogen-bond acceptors (Lipinski definition) is 3. The zero-order chi connectivity index (χ0) is 20.6. The summed E-state index contributed by atoms with van der Waals surface area (Å²) in [6, 6.07) is 18.1. The molecule has 0 radical (unpaired) electrons. The Hall–Kier alpha value is -3.08. The summed E-state index contributed by atoms with van der Waals surface area (Å²) < 4.78 is 5.46. The van der Waals surface area contributed by atoms with E-state index < -0.39 is 5.60 Å². The molecular formula is C24H26N2O3. The van der Waals surface area contributed by atoms with Crippen LogP contribution in [0.3, 0.4) is 0 Å². The summed E-state index contributed by atoms with van der Waals surface area (Å²) in [5.41, 5.74) is 0.218. The van der Waals surface area contributed by atoms with E-state index in [-0.39, 0.29) is 12.0 Å². The van der Waals surface area contributed by atoms with E-state index in [2.05, 4.69) is 6.07 Å². The fraction of sp³-hybridized carbons (Fsp3) is 0.333. The van der Waals surface area contributed by atoms with Gasteiger partial charge in [-0.2, -0.15) is 0 Å². The van der Waals surface area contributed by atoms with Crippen molar-refractivity contribution in [2.24, 2.45) is 0 Å². The first kappa shape index (κ1) is 19.2. The molecule has 150 valence electrons. The molecule has 1 aliphatic heterocycles. The SMILES string of the molecule is CC(C)(C)OC(=O)N1CCN(C(=O)c2c3ccccc3cc3ccccc23)CC1. The molecule has 1 fully saturated rings. The van der Waals surface area contributed by atoms with Crippen LogP contribution < -0.4 is 0 Å². The second-order valence-electron chi connectivity index (χ2n) is 8.45. The first-order chi connectivity index (χ1) is 13.8. The largest absolute Gasteiger partial charge is 0.444 e. The Morgan fingerprint density at radius 2 is 1.28 bits per heavy atom. The predicted octanol–water partition coefficient (Wildman–Crippen LogP) is 4.69. The highest BCUT2D eigenvalue weighted by molar-refractivity contribution is 6.18. The summed E-state index contributed by atoms with van der Waals surface area (Å²) in [6.07, 6.45) is -0.319. The molecule has 5 nitrogen and oxygen atoms in total. The number of nitrogens with zero attached hydrogens (tertiary/aromatic N) is 2. The number of benzene rings is 3. The quantitative estimate of drug-likeness (QED) is 0.567. The van der Waals surface area contributed by atoms with Gasteiger partial charge < -0.3 is 14.5 Å². The third-order valence-electron chi connectivity index (χ3n) is 5.20. The highest BCUT2D eigenvalue weighted by Crippen LogP contribution is 2.30. The molecule has 0 N–H and O–H groups in total. The molecule has 0 saturated carbocycles. The maximum absolute atomic E-state index is 13.5. The number of ether oxygens (including phenoxy) is 1. The Kier molecular flexibility index (Phi) is 4.91. The highest BCUT2D eigenvalue weighted by Gasteiger charge is 2.29.